The number of ether oxygens (including phenoxy) is 1. The summed E-state index contributed by atoms with van der Waals surface area (Å²) in [5.41, 5.74) is -2.12. The van der Waals surface area contributed by atoms with Crippen molar-refractivity contribution in [2.75, 3.05) is 11.4 Å². The highest BCUT2D eigenvalue weighted by Gasteiger charge is 2.43. The SMILES string of the molecule is CC(C)(Oc1ccc(C(F)(F)F)cc1)C(=O)NC1C[C@H]2CC[C@@H](C1)N2c1ccc(C(=O)NCC(F)(F)F)cn1. The molecule has 2 fully saturated rings. The van der Waals surface area contributed by atoms with Crippen LogP contribution in [0.5, 0.6) is 5.75 Å². The third kappa shape index (κ3) is 6.93. The average molecular weight is 559 g/mol. The monoisotopic (exact) mass is 558 g/mol. The van der Waals surface area contributed by atoms with Crippen LogP contribution in [0.3, 0.4) is 0 Å². The highest BCUT2D eigenvalue weighted by Crippen LogP contribution is 2.39. The van der Waals surface area contributed by atoms with Gasteiger partial charge < -0.3 is 20.3 Å². The third-order valence-electron chi connectivity index (χ3n) is 6.89. The van der Waals surface area contributed by atoms with E-state index in [1.165, 1.54) is 24.4 Å². The van der Waals surface area contributed by atoms with Gasteiger partial charge >= 0.3 is 12.4 Å². The number of benzene rings is 1. The Labute approximate surface area is 220 Å². The Bertz CT molecular complexity index is 1170. The number of aromatic nitrogens is 1. The molecule has 1 unspecified atom stereocenters. The van der Waals surface area contributed by atoms with Crippen LogP contribution < -0.4 is 20.3 Å². The van der Waals surface area contributed by atoms with Crippen LogP contribution in [0.15, 0.2) is 42.6 Å². The number of halogens is 6. The minimum Gasteiger partial charge on any atom is -0.478 e. The molecule has 0 spiro atoms. The van der Waals surface area contributed by atoms with Gasteiger partial charge in [0.1, 0.15) is 18.1 Å². The predicted molar refractivity (Wildman–Crippen MR) is 129 cm³/mol. The van der Waals surface area contributed by atoms with Crippen molar-refractivity contribution in [2.24, 2.45) is 0 Å². The third-order valence-corrected chi connectivity index (χ3v) is 6.89. The summed E-state index contributed by atoms with van der Waals surface area (Å²) < 4.78 is 81.2. The number of hydrogen-bond donors (Lipinski definition) is 2. The molecule has 39 heavy (non-hydrogen) atoms. The van der Waals surface area contributed by atoms with Gasteiger partial charge in [0.05, 0.1) is 11.1 Å². The quantitative estimate of drug-likeness (QED) is 0.474. The molecule has 7 nitrogen and oxygen atoms in total. The number of nitrogens with one attached hydrogen (secondary N) is 2. The van der Waals surface area contributed by atoms with Crippen molar-refractivity contribution in [1.29, 1.82) is 0 Å². The summed E-state index contributed by atoms with van der Waals surface area (Å²) in [6.07, 6.45) is -4.78. The van der Waals surface area contributed by atoms with Gasteiger partial charge in [-0.25, -0.2) is 4.98 Å². The fourth-order valence-electron chi connectivity index (χ4n) is 5.04. The van der Waals surface area contributed by atoms with Crippen LogP contribution in [-0.2, 0) is 11.0 Å². The molecule has 212 valence electrons. The first-order valence-electron chi connectivity index (χ1n) is 12.4. The van der Waals surface area contributed by atoms with E-state index in [1.54, 1.807) is 19.9 Å². The first-order valence-corrected chi connectivity index (χ1v) is 12.4. The molecule has 13 heteroatoms. The second kappa shape index (κ2) is 10.6. The van der Waals surface area contributed by atoms with Crippen LogP contribution in [0.25, 0.3) is 0 Å². The van der Waals surface area contributed by atoms with Gasteiger partial charge in [-0.2, -0.15) is 26.3 Å². The average Bonchev–Trinajstić information content (AvgIpc) is 3.11. The number of nitrogens with zero attached hydrogens (tertiary/aromatic N) is 2. The second-order valence-electron chi connectivity index (χ2n) is 10.3. The normalized spacial score (nSPS) is 21.4. The summed E-state index contributed by atoms with van der Waals surface area (Å²) in [4.78, 5) is 31.4. The van der Waals surface area contributed by atoms with Gasteiger partial charge in [0.15, 0.2) is 5.60 Å². The fraction of sp³-hybridized carbons (Fsp3) is 0.500. The van der Waals surface area contributed by atoms with Gasteiger partial charge in [-0.05, 0) is 75.9 Å². The van der Waals surface area contributed by atoms with E-state index in [0.717, 1.165) is 25.0 Å². The van der Waals surface area contributed by atoms with E-state index >= 15 is 0 Å². The van der Waals surface area contributed by atoms with Crippen LogP contribution in [0.4, 0.5) is 32.2 Å². The molecule has 2 aliphatic rings. The maximum Gasteiger partial charge on any atom is 0.416 e. The number of rotatable bonds is 7. The number of carbonyl (C=O) groups is 2. The van der Waals surface area contributed by atoms with E-state index in [4.69, 9.17) is 4.74 Å². The lowest BCUT2D eigenvalue weighted by Gasteiger charge is -2.40. The van der Waals surface area contributed by atoms with E-state index in [9.17, 15) is 35.9 Å². The lowest BCUT2D eigenvalue weighted by atomic mass is 9.96. The van der Waals surface area contributed by atoms with Gasteiger partial charge in [-0.1, -0.05) is 0 Å². The Hall–Kier alpha value is -3.51. The molecule has 0 saturated carbocycles. The fourth-order valence-corrected chi connectivity index (χ4v) is 5.04. The lowest BCUT2D eigenvalue weighted by molar-refractivity contribution is -0.138. The minimum absolute atomic E-state index is 0.0211. The van der Waals surface area contributed by atoms with E-state index in [-0.39, 0.29) is 29.4 Å². The van der Waals surface area contributed by atoms with Gasteiger partial charge in [0.2, 0.25) is 0 Å². The first kappa shape index (κ1) is 28.5. The van der Waals surface area contributed by atoms with Crippen LogP contribution in [-0.4, -0.2) is 53.2 Å². The molecule has 2 bridgehead atoms. The number of fused-ring (bicyclic) bond motifs is 2. The van der Waals surface area contributed by atoms with Crippen molar-refractivity contribution in [3.63, 3.8) is 0 Å². The first-order chi connectivity index (χ1) is 18.1. The maximum atomic E-state index is 13.0. The Morgan fingerprint density at radius 2 is 1.59 bits per heavy atom. The van der Waals surface area contributed by atoms with Crippen molar-refractivity contribution in [3.8, 4) is 5.75 Å². The van der Waals surface area contributed by atoms with Crippen LogP contribution >= 0.6 is 0 Å². The Morgan fingerprint density at radius 3 is 2.10 bits per heavy atom. The predicted octanol–water partition coefficient (Wildman–Crippen LogP) is 4.87. The molecule has 2 saturated heterocycles. The Morgan fingerprint density at radius 1 is 0.974 bits per heavy atom. The number of carbonyl (C=O) groups excluding carboxylic acids is 2. The molecule has 1 aromatic carbocycles. The van der Waals surface area contributed by atoms with Gasteiger partial charge in [-0.15, -0.1) is 0 Å². The second-order valence-corrected chi connectivity index (χ2v) is 10.3. The number of hydrogen-bond acceptors (Lipinski definition) is 5. The van der Waals surface area contributed by atoms with E-state index in [0.29, 0.717) is 18.7 Å². The van der Waals surface area contributed by atoms with Crippen molar-refractivity contribution < 1.29 is 40.7 Å². The van der Waals surface area contributed by atoms with Gasteiger partial charge in [0, 0.05) is 24.3 Å². The number of alkyl halides is 6. The summed E-state index contributed by atoms with van der Waals surface area (Å²) >= 11 is 0. The van der Waals surface area contributed by atoms with Crippen LogP contribution in [0, 0.1) is 0 Å². The molecule has 2 aromatic rings. The molecule has 4 rings (SSSR count). The minimum atomic E-state index is -4.51. The van der Waals surface area contributed by atoms with Crippen molar-refractivity contribution in [2.45, 2.75) is 75.6 Å². The largest absolute Gasteiger partial charge is 0.478 e. The van der Waals surface area contributed by atoms with Crippen molar-refractivity contribution >= 4 is 17.6 Å². The molecule has 3 atom stereocenters. The van der Waals surface area contributed by atoms with Gasteiger partial charge in [0.25, 0.3) is 11.8 Å². The summed E-state index contributed by atoms with van der Waals surface area (Å²) in [6.45, 7) is 1.66. The molecule has 2 aliphatic heterocycles. The number of piperidine rings is 1. The summed E-state index contributed by atoms with van der Waals surface area (Å²) in [6, 6.07) is 7.14. The van der Waals surface area contributed by atoms with E-state index in [2.05, 4.69) is 15.2 Å². The van der Waals surface area contributed by atoms with E-state index < -0.39 is 41.9 Å². The van der Waals surface area contributed by atoms with E-state index in [1.807, 2.05) is 5.32 Å². The molecular weight excluding hydrogens is 530 g/mol. The molecule has 0 aliphatic carbocycles. The smallest absolute Gasteiger partial charge is 0.416 e. The summed E-state index contributed by atoms with van der Waals surface area (Å²) in [5, 5.41) is 4.82. The molecule has 2 N–H and O–H groups in total. The zero-order valence-corrected chi connectivity index (χ0v) is 21.2. The summed E-state index contributed by atoms with van der Waals surface area (Å²) in [5.74, 6) is -0.519. The Balaban J connectivity index is 1.34. The highest BCUT2D eigenvalue weighted by atomic mass is 19.4. The molecule has 0 radical (unpaired) electrons. The highest BCUT2D eigenvalue weighted by molar-refractivity contribution is 5.94. The number of pyridine rings is 1. The maximum absolute atomic E-state index is 13.0. The lowest BCUT2D eigenvalue weighted by Crippen LogP contribution is -2.55. The molecule has 2 amide bonds. The van der Waals surface area contributed by atoms with Gasteiger partial charge in [-0.3, -0.25) is 9.59 Å². The van der Waals surface area contributed by atoms with Crippen molar-refractivity contribution in [3.05, 3.63) is 53.7 Å². The topological polar surface area (TPSA) is 83.6 Å². The summed E-state index contributed by atoms with van der Waals surface area (Å²) in [7, 11) is 0. The molecule has 1 aromatic heterocycles. The molecule has 3 heterocycles. The number of amides is 2. The van der Waals surface area contributed by atoms with Crippen molar-refractivity contribution in [1.82, 2.24) is 15.6 Å². The zero-order valence-electron chi connectivity index (χ0n) is 21.2. The van der Waals surface area contributed by atoms with Crippen LogP contribution in [0.1, 0.15) is 55.5 Å². The zero-order chi connectivity index (χ0) is 28.6. The molecular formula is C26H28F6N4O3. The van der Waals surface area contributed by atoms with Crippen LogP contribution in [0.2, 0.25) is 0 Å². The standard InChI is InChI=1S/C26H28F6N4O3/c1-24(2,39-20-8-4-16(5-9-20)26(30,31)32)23(38)35-17-11-18-6-7-19(12-17)36(18)21-10-3-15(13-33-21)22(37)34-14-25(27,28)29/h3-5,8-10,13,17-19H,6-7,11-12,14H2,1-2H3,(H,34,37)(H,35,38)/t17?,18-,19+. The Kier molecular flexibility index (Phi) is 7.72. The number of anilines is 1.